The van der Waals surface area contributed by atoms with Crippen LogP contribution < -0.4 is 5.32 Å². The summed E-state index contributed by atoms with van der Waals surface area (Å²) in [5.41, 5.74) is -0.775. The van der Waals surface area contributed by atoms with Gasteiger partial charge in [-0.25, -0.2) is 14.4 Å². The van der Waals surface area contributed by atoms with Gasteiger partial charge in [-0.2, -0.15) is 0 Å². The number of carbonyl (C=O) groups excluding carboxylic acids is 3. The molecule has 0 aliphatic rings. The van der Waals surface area contributed by atoms with E-state index in [4.69, 9.17) is 19.3 Å². The Morgan fingerprint density at radius 1 is 0.778 bits per heavy atom. The van der Waals surface area contributed by atoms with E-state index < -0.39 is 41.7 Å². The number of ether oxygens (including phenoxy) is 3. The zero-order valence-corrected chi connectivity index (χ0v) is 23.1. The van der Waals surface area contributed by atoms with Crippen molar-refractivity contribution in [3.8, 4) is 0 Å². The van der Waals surface area contributed by atoms with Crippen LogP contribution in [0.2, 0.25) is 0 Å². The molecule has 0 aromatic carbocycles. The first-order valence-corrected chi connectivity index (χ1v) is 13.5. The summed E-state index contributed by atoms with van der Waals surface area (Å²) in [7, 11) is 1.23. The van der Waals surface area contributed by atoms with E-state index in [9.17, 15) is 19.2 Å². The molecule has 9 heteroatoms. The van der Waals surface area contributed by atoms with E-state index in [0.717, 1.165) is 19.3 Å². The molecule has 2 atom stereocenters. The van der Waals surface area contributed by atoms with Gasteiger partial charge in [-0.05, 0) is 46.5 Å². The number of aliphatic carboxylic acids is 1. The molecule has 9 nitrogen and oxygen atoms in total. The maximum Gasteiger partial charge on any atom is 0.408 e. The van der Waals surface area contributed by atoms with Crippen LogP contribution in [0.15, 0.2) is 0 Å². The Kier molecular flexibility index (Phi) is 18.5. The van der Waals surface area contributed by atoms with Gasteiger partial charge in [0, 0.05) is 6.42 Å². The van der Waals surface area contributed by atoms with Crippen LogP contribution in [0, 0.1) is 0 Å². The van der Waals surface area contributed by atoms with Crippen molar-refractivity contribution >= 4 is 24.0 Å². The second-order valence-electron chi connectivity index (χ2n) is 10.3. The van der Waals surface area contributed by atoms with Crippen molar-refractivity contribution < 1.29 is 38.5 Å². The number of nitrogens with one attached hydrogen (secondary N) is 1. The Bertz CT molecular complexity index is 644. The minimum atomic E-state index is -1.14. The lowest BCUT2D eigenvalue weighted by Crippen LogP contribution is -2.46. The normalized spacial score (nSPS) is 12.9. The standard InChI is InChI=1S/C27H49NO8/c1-6-7-8-9-10-11-12-13-14-15-16-19-22(25(32)34-5)35-24(31)21(18-17-20-23(29)30)28-26(33)36-27(2,3)4/h21-22H,6-20H2,1-5H3,(H,28,33)(H,29,30)/t21-,22?/m0/s1. The van der Waals surface area contributed by atoms with Gasteiger partial charge < -0.3 is 24.6 Å². The number of carbonyl (C=O) groups is 4. The molecule has 0 spiro atoms. The van der Waals surface area contributed by atoms with Crippen LogP contribution in [0.1, 0.15) is 124 Å². The summed E-state index contributed by atoms with van der Waals surface area (Å²) < 4.78 is 15.4. The first kappa shape index (κ1) is 33.7. The lowest BCUT2D eigenvalue weighted by molar-refractivity contribution is -0.168. The lowest BCUT2D eigenvalue weighted by Gasteiger charge is -2.24. The highest BCUT2D eigenvalue weighted by atomic mass is 16.6. The summed E-state index contributed by atoms with van der Waals surface area (Å²) in [6.07, 6.45) is 11.2. The summed E-state index contributed by atoms with van der Waals surface area (Å²) in [6, 6.07) is -1.14. The van der Waals surface area contributed by atoms with E-state index in [2.05, 4.69) is 12.2 Å². The van der Waals surface area contributed by atoms with Crippen molar-refractivity contribution in [3.63, 3.8) is 0 Å². The molecular formula is C27H49NO8. The number of esters is 2. The third kappa shape index (κ3) is 18.9. The third-order valence-electron chi connectivity index (χ3n) is 5.65. The van der Waals surface area contributed by atoms with E-state index >= 15 is 0 Å². The number of hydrogen-bond acceptors (Lipinski definition) is 7. The van der Waals surface area contributed by atoms with Gasteiger partial charge in [0.2, 0.25) is 0 Å². The molecule has 0 bridgehead atoms. The fourth-order valence-electron chi connectivity index (χ4n) is 3.73. The second-order valence-corrected chi connectivity index (χ2v) is 10.3. The predicted octanol–water partition coefficient (Wildman–Crippen LogP) is 5.92. The average molecular weight is 516 g/mol. The van der Waals surface area contributed by atoms with Crippen molar-refractivity contribution in [1.29, 1.82) is 0 Å². The van der Waals surface area contributed by atoms with Gasteiger partial charge in [-0.3, -0.25) is 4.79 Å². The number of carboxylic acids is 1. The fourth-order valence-corrected chi connectivity index (χ4v) is 3.73. The summed E-state index contributed by atoms with van der Waals surface area (Å²) in [5, 5.41) is 11.3. The molecule has 0 saturated heterocycles. The quantitative estimate of drug-likeness (QED) is 0.116. The zero-order chi connectivity index (χ0) is 27.4. The Balaban J connectivity index is 4.68. The first-order chi connectivity index (χ1) is 17.0. The molecule has 0 saturated carbocycles. The summed E-state index contributed by atoms with van der Waals surface area (Å²) in [6.45, 7) is 7.27. The van der Waals surface area contributed by atoms with Gasteiger partial charge in [0.25, 0.3) is 0 Å². The highest BCUT2D eigenvalue weighted by molar-refractivity contribution is 5.84. The maximum absolute atomic E-state index is 12.8. The molecule has 0 aliphatic heterocycles. The molecule has 0 radical (unpaired) electrons. The Labute approximate surface area is 217 Å². The Morgan fingerprint density at radius 3 is 1.78 bits per heavy atom. The number of methoxy groups -OCH3 is 1. The SMILES string of the molecule is CCCCCCCCCCCCCC(OC(=O)[C@H](CCCC(=O)O)NC(=O)OC(C)(C)C)C(=O)OC. The molecule has 210 valence electrons. The molecule has 0 heterocycles. The second kappa shape index (κ2) is 19.8. The Hall–Kier alpha value is -2.32. The van der Waals surface area contributed by atoms with Gasteiger partial charge in [-0.1, -0.05) is 71.1 Å². The monoisotopic (exact) mass is 515 g/mol. The third-order valence-corrected chi connectivity index (χ3v) is 5.65. The van der Waals surface area contributed by atoms with Gasteiger partial charge in [0.05, 0.1) is 7.11 Å². The minimum Gasteiger partial charge on any atom is -0.481 e. The van der Waals surface area contributed by atoms with Crippen LogP contribution >= 0.6 is 0 Å². The summed E-state index contributed by atoms with van der Waals surface area (Å²) >= 11 is 0. The van der Waals surface area contributed by atoms with Crippen LogP contribution in [-0.2, 0) is 28.6 Å². The first-order valence-electron chi connectivity index (χ1n) is 13.5. The van der Waals surface area contributed by atoms with E-state index in [1.807, 2.05) is 0 Å². The van der Waals surface area contributed by atoms with Gasteiger partial charge >= 0.3 is 24.0 Å². The molecule has 0 rings (SSSR count). The van der Waals surface area contributed by atoms with Crippen molar-refractivity contribution in [3.05, 3.63) is 0 Å². The van der Waals surface area contributed by atoms with Crippen LogP contribution in [0.3, 0.4) is 0 Å². The van der Waals surface area contributed by atoms with Crippen LogP contribution in [0.4, 0.5) is 4.79 Å². The topological polar surface area (TPSA) is 128 Å². The summed E-state index contributed by atoms with van der Waals surface area (Å²) in [4.78, 5) is 48.1. The van der Waals surface area contributed by atoms with Crippen molar-refractivity contribution in [2.45, 2.75) is 142 Å². The van der Waals surface area contributed by atoms with Gasteiger partial charge in [0.1, 0.15) is 11.6 Å². The Morgan fingerprint density at radius 2 is 1.31 bits per heavy atom. The largest absolute Gasteiger partial charge is 0.481 e. The molecule has 36 heavy (non-hydrogen) atoms. The van der Waals surface area contributed by atoms with Crippen LogP contribution in [0.5, 0.6) is 0 Å². The van der Waals surface area contributed by atoms with E-state index in [0.29, 0.717) is 12.8 Å². The lowest BCUT2D eigenvalue weighted by atomic mass is 10.0. The fraction of sp³-hybridized carbons (Fsp3) is 0.852. The smallest absolute Gasteiger partial charge is 0.408 e. The minimum absolute atomic E-state index is 0.0384. The number of carboxylic acid groups (broad SMARTS) is 1. The van der Waals surface area contributed by atoms with Crippen molar-refractivity contribution in [2.75, 3.05) is 7.11 Å². The molecular weight excluding hydrogens is 466 g/mol. The molecule has 2 N–H and O–H groups in total. The highest BCUT2D eigenvalue weighted by Crippen LogP contribution is 2.16. The van der Waals surface area contributed by atoms with Crippen LogP contribution in [0.25, 0.3) is 0 Å². The van der Waals surface area contributed by atoms with E-state index in [-0.39, 0.29) is 19.3 Å². The van der Waals surface area contributed by atoms with Gasteiger partial charge in [0.15, 0.2) is 6.10 Å². The number of hydrogen-bond donors (Lipinski definition) is 2. The number of unbranched alkanes of at least 4 members (excludes halogenated alkanes) is 10. The molecule has 0 fully saturated rings. The average Bonchev–Trinajstić information content (AvgIpc) is 2.79. The predicted molar refractivity (Wildman–Crippen MR) is 138 cm³/mol. The molecule has 0 aliphatic carbocycles. The number of amides is 1. The number of alkyl carbamates (subject to hydrolysis) is 1. The molecule has 1 unspecified atom stereocenters. The highest BCUT2D eigenvalue weighted by Gasteiger charge is 2.30. The van der Waals surface area contributed by atoms with Crippen LogP contribution in [-0.4, -0.2) is 54.0 Å². The molecule has 0 aromatic rings. The maximum atomic E-state index is 12.8. The number of rotatable bonds is 20. The van der Waals surface area contributed by atoms with Crippen molar-refractivity contribution in [1.82, 2.24) is 5.32 Å². The summed E-state index contributed by atoms with van der Waals surface area (Å²) in [5.74, 6) is -2.48. The zero-order valence-electron chi connectivity index (χ0n) is 23.1. The molecule has 1 amide bonds. The van der Waals surface area contributed by atoms with Gasteiger partial charge in [-0.15, -0.1) is 0 Å². The molecule has 0 aromatic heterocycles. The van der Waals surface area contributed by atoms with E-state index in [1.165, 1.54) is 52.1 Å². The van der Waals surface area contributed by atoms with E-state index in [1.54, 1.807) is 20.8 Å². The van der Waals surface area contributed by atoms with Crippen molar-refractivity contribution in [2.24, 2.45) is 0 Å².